The lowest BCUT2D eigenvalue weighted by atomic mass is 10.1. The van der Waals surface area contributed by atoms with E-state index in [0.29, 0.717) is 19.2 Å². The molecule has 0 aliphatic rings. The topological polar surface area (TPSA) is 166 Å². The molecule has 0 saturated carbocycles. The highest BCUT2D eigenvalue weighted by Crippen LogP contribution is 2.12. The Labute approximate surface area is 169 Å². The van der Waals surface area contributed by atoms with Crippen molar-refractivity contribution in [1.82, 2.24) is 5.32 Å². The molecule has 3 atom stereocenters. The number of aliphatic hydroxyl groups is 3. The largest absolute Gasteiger partial charge is 0.491 e. The van der Waals surface area contributed by atoms with Gasteiger partial charge in [-0.1, -0.05) is 26.0 Å². The molecule has 1 aromatic rings. The summed E-state index contributed by atoms with van der Waals surface area (Å²) in [6, 6.07) is 8.26. The second-order valence-corrected chi connectivity index (χ2v) is 6.48. The molecule has 0 aliphatic heterocycles. The van der Waals surface area contributed by atoms with Crippen molar-refractivity contribution in [2.24, 2.45) is 0 Å². The Morgan fingerprint density at radius 2 is 1.52 bits per heavy atom. The number of rotatable bonds is 12. The fourth-order valence-electron chi connectivity index (χ4n) is 1.87. The summed E-state index contributed by atoms with van der Waals surface area (Å²) in [5, 5.41) is 45.4. The van der Waals surface area contributed by atoms with Crippen LogP contribution in [0.2, 0.25) is 0 Å². The number of ether oxygens (including phenoxy) is 2. The maximum atomic E-state index is 9.77. The first-order valence-corrected chi connectivity index (χ1v) is 9.02. The number of carboxylic acids is 2. The fraction of sp³-hybridized carbons (Fsp3) is 0.579. The lowest BCUT2D eigenvalue weighted by molar-refractivity contribution is -0.165. The number of methoxy groups -OCH3 is 1. The van der Waals surface area contributed by atoms with Crippen LogP contribution < -0.4 is 10.1 Å². The normalized spacial score (nSPS) is 13.8. The molecular weight excluding hydrogens is 386 g/mol. The lowest BCUT2D eigenvalue weighted by Gasteiger charge is -2.15. The Kier molecular flexibility index (Phi) is 13.6. The van der Waals surface area contributed by atoms with E-state index in [-0.39, 0.29) is 0 Å². The number of hydrogen-bond donors (Lipinski definition) is 6. The second kappa shape index (κ2) is 14.7. The number of benzene rings is 1. The quantitative estimate of drug-likeness (QED) is 0.261. The Morgan fingerprint density at radius 3 is 1.93 bits per heavy atom. The molecule has 29 heavy (non-hydrogen) atoms. The zero-order valence-corrected chi connectivity index (χ0v) is 16.8. The van der Waals surface area contributed by atoms with Crippen molar-refractivity contribution in [3.8, 4) is 5.75 Å². The van der Waals surface area contributed by atoms with Crippen molar-refractivity contribution in [1.29, 1.82) is 0 Å². The average molecular weight is 417 g/mol. The lowest BCUT2D eigenvalue weighted by Crippen LogP contribution is -2.39. The molecule has 1 rings (SSSR count). The summed E-state index contributed by atoms with van der Waals surface area (Å²) in [7, 11) is 1.70. The molecule has 0 aliphatic carbocycles. The van der Waals surface area contributed by atoms with Crippen LogP contribution in [-0.2, 0) is 20.7 Å². The summed E-state index contributed by atoms with van der Waals surface area (Å²) >= 11 is 0. The molecule has 0 fully saturated rings. The molecular formula is C19H31NO9. The van der Waals surface area contributed by atoms with Gasteiger partial charge in [-0.25, -0.2) is 9.59 Å². The highest BCUT2D eigenvalue weighted by molar-refractivity contribution is 5.83. The first-order chi connectivity index (χ1) is 13.6. The number of aliphatic hydroxyl groups excluding tert-OH is 3. The van der Waals surface area contributed by atoms with E-state index in [4.69, 9.17) is 29.9 Å². The van der Waals surface area contributed by atoms with Gasteiger partial charge >= 0.3 is 11.9 Å². The third kappa shape index (κ3) is 12.8. The highest BCUT2D eigenvalue weighted by atomic mass is 16.5. The SMILES string of the molecule is COCCc1ccc(OC[C@@H](O)CNC(C)C)cc1.O=C(O)C(O)C(O)C(=O)O. The van der Waals surface area contributed by atoms with E-state index >= 15 is 0 Å². The van der Waals surface area contributed by atoms with Gasteiger partial charge in [0.15, 0.2) is 12.2 Å². The minimum atomic E-state index is -2.27. The summed E-state index contributed by atoms with van der Waals surface area (Å²) in [6.45, 7) is 5.67. The van der Waals surface area contributed by atoms with Crippen molar-refractivity contribution in [2.45, 2.75) is 44.6 Å². The smallest absolute Gasteiger partial charge is 0.335 e. The van der Waals surface area contributed by atoms with Crippen LogP contribution in [0.15, 0.2) is 24.3 Å². The summed E-state index contributed by atoms with van der Waals surface area (Å²) in [5.74, 6) is -2.76. The number of aliphatic carboxylic acids is 2. The maximum absolute atomic E-state index is 9.77. The molecule has 166 valence electrons. The van der Waals surface area contributed by atoms with Crippen molar-refractivity contribution in [3.63, 3.8) is 0 Å². The Hall–Kier alpha value is -2.24. The van der Waals surface area contributed by atoms with Gasteiger partial charge < -0.3 is 40.3 Å². The van der Waals surface area contributed by atoms with Crippen LogP contribution in [0.4, 0.5) is 0 Å². The predicted octanol–water partition coefficient (Wildman–Crippen LogP) is -0.509. The van der Waals surface area contributed by atoms with Crippen LogP contribution in [0.3, 0.4) is 0 Å². The third-order valence-corrected chi connectivity index (χ3v) is 3.53. The zero-order chi connectivity index (χ0) is 22.4. The first-order valence-electron chi connectivity index (χ1n) is 9.02. The highest BCUT2D eigenvalue weighted by Gasteiger charge is 2.29. The standard InChI is InChI=1S/C15H25NO3.C4H6O6/c1-12(2)16-10-14(17)11-19-15-6-4-13(5-7-15)8-9-18-3;5-1(3(7)8)2(6)4(9)10/h4-7,12,14,16-17H,8-11H2,1-3H3;1-2,5-6H,(H,7,8)(H,9,10)/t14-;/m0./s1. The van der Waals surface area contributed by atoms with Gasteiger partial charge in [-0.15, -0.1) is 0 Å². The number of hydrogen-bond acceptors (Lipinski definition) is 8. The molecule has 6 N–H and O–H groups in total. The van der Waals surface area contributed by atoms with E-state index < -0.39 is 30.3 Å². The van der Waals surface area contributed by atoms with Gasteiger partial charge in [0, 0.05) is 19.7 Å². The molecule has 10 heteroatoms. The van der Waals surface area contributed by atoms with Gasteiger partial charge in [0.2, 0.25) is 0 Å². The molecule has 0 heterocycles. The van der Waals surface area contributed by atoms with Crippen LogP contribution in [0, 0.1) is 0 Å². The third-order valence-electron chi connectivity index (χ3n) is 3.53. The molecule has 0 aromatic heterocycles. The van der Waals surface area contributed by atoms with Gasteiger partial charge in [-0.3, -0.25) is 0 Å². The van der Waals surface area contributed by atoms with Crippen LogP contribution in [0.1, 0.15) is 19.4 Å². The van der Waals surface area contributed by atoms with Crippen LogP contribution in [0.5, 0.6) is 5.75 Å². The molecule has 0 amide bonds. The maximum Gasteiger partial charge on any atom is 0.335 e. The number of nitrogens with one attached hydrogen (secondary N) is 1. The summed E-state index contributed by atoms with van der Waals surface area (Å²) in [4.78, 5) is 19.5. The van der Waals surface area contributed by atoms with E-state index in [9.17, 15) is 14.7 Å². The fourth-order valence-corrected chi connectivity index (χ4v) is 1.87. The average Bonchev–Trinajstić information content (AvgIpc) is 2.68. The minimum absolute atomic E-state index is 0.303. The van der Waals surface area contributed by atoms with Crippen LogP contribution in [-0.4, -0.2) is 88.7 Å². The molecule has 0 spiro atoms. The van der Waals surface area contributed by atoms with Crippen LogP contribution >= 0.6 is 0 Å². The summed E-state index contributed by atoms with van der Waals surface area (Å²) < 4.78 is 10.6. The summed E-state index contributed by atoms with van der Waals surface area (Å²) in [5.41, 5.74) is 1.22. The van der Waals surface area contributed by atoms with Crippen molar-refractivity contribution in [2.75, 3.05) is 26.9 Å². The molecule has 0 saturated heterocycles. The Bertz CT molecular complexity index is 574. The molecule has 0 radical (unpaired) electrons. The number of carbonyl (C=O) groups is 2. The van der Waals surface area contributed by atoms with Gasteiger partial charge in [0.25, 0.3) is 0 Å². The van der Waals surface area contributed by atoms with E-state index in [2.05, 4.69) is 5.32 Å². The van der Waals surface area contributed by atoms with Crippen LogP contribution in [0.25, 0.3) is 0 Å². The van der Waals surface area contributed by atoms with E-state index in [1.54, 1.807) is 7.11 Å². The number of carboxylic acid groups (broad SMARTS) is 2. The molecule has 2 unspecified atom stereocenters. The van der Waals surface area contributed by atoms with E-state index in [1.807, 2.05) is 38.1 Å². The van der Waals surface area contributed by atoms with Gasteiger partial charge in [0.05, 0.1) is 6.61 Å². The second-order valence-electron chi connectivity index (χ2n) is 6.48. The first kappa shape index (κ1) is 26.8. The minimum Gasteiger partial charge on any atom is -0.491 e. The molecule has 1 aromatic carbocycles. The van der Waals surface area contributed by atoms with E-state index in [0.717, 1.165) is 18.8 Å². The van der Waals surface area contributed by atoms with Gasteiger partial charge in [-0.2, -0.15) is 0 Å². The monoisotopic (exact) mass is 417 g/mol. The molecule has 10 nitrogen and oxygen atoms in total. The van der Waals surface area contributed by atoms with Gasteiger partial charge in [0.1, 0.15) is 18.5 Å². The molecule has 0 bridgehead atoms. The Balaban J connectivity index is 0.000000665. The summed E-state index contributed by atoms with van der Waals surface area (Å²) in [6.07, 6.45) is -4.12. The van der Waals surface area contributed by atoms with Crippen molar-refractivity contribution < 1.29 is 44.6 Å². The zero-order valence-electron chi connectivity index (χ0n) is 16.8. The van der Waals surface area contributed by atoms with Crippen molar-refractivity contribution in [3.05, 3.63) is 29.8 Å². The predicted molar refractivity (Wildman–Crippen MR) is 104 cm³/mol. The van der Waals surface area contributed by atoms with E-state index in [1.165, 1.54) is 5.56 Å². The van der Waals surface area contributed by atoms with Gasteiger partial charge in [-0.05, 0) is 24.1 Å². The Morgan fingerprint density at radius 1 is 1.00 bits per heavy atom. The van der Waals surface area contributed by atoms with Crippen molar-refractivity contribution >= 4 is 11.9 Å².